The summed E-state index contributed by atoms with van der Waals surface area (Å²) in [4.78, 5) is 38.2. The van der Waals surface area contributed by atoms with Crippen molar-refractivity contribution in [1.82, 2.24) is 0 Å². The fourth-order valence-electron chi connectivity index (χ4n) is 8.47. The Bertz CT molecular complexity index is 1310. The molecule has 0 aromatic carbocycles. The number of carbonyl (C=O) groups excluding carboxylic acids is 3. The number of unbranched alkanes of at least 4 members (excludes halogenated alkanes) is 31. The number of hydrogen-bond acceptors (Lipinski definition) is 6. The van der Waals surface area contributed by atoms with Crippen LogP contribution in [0.3, 0.4) is 0 Å². The molecule has 0 aliphatic rings. The molecule has 0 aromatic rings. The lowest BCUT2D eigenvalue weighted by atomic mass is 10.0. The smallest absolute Gasteiger partial charge is 0.306 e. The van der Waals surface area contributed by atoms with Gasteiger partial charge in [-0.05, 0) is 89.9 Å². The molecule has 0 heterocycles. The van der Waals surface area contributed by atoms with Crippen LogP contribution >= 0.6 is 0 Å². The van der Waals surface area contributed by atoms with Crippen LogP contribution in [0.25, 0.3) is 0 Å². The molecule has 1 atom stereocenters. The lowest BCUT2D eigenvalue weighted by Crippen LogP contribution is -2.30. The van der Waals surface area contributed by atoms with Gasteiger partial charge in [-0.15, -0.1) is 0 Å². The molecule has 0 spiro atoms. The standard InChI is InChI=1S/C64H112O6/c1-4-7-10-13-16-19-22-25-28-31-32-34-36-39-42-45-48-51-54-57-63(66)69-60-61(59-68-62(65)56-53-50-47-44-41-38-35-30-27-24-21-18-15-12-9-6-3)70-64(67)58-55-52-49-46-43-40-37-33-29-26-23-20-17-14-11-8-5-2/h8,11,16-17,19-20,25-26,28-29,37,40,61H,4-7,9-10,12-15,18,21-24,27,30-36,38-39,41-60H2,1-3H3/b11-8-,19-16-,20-17-,28-25-,29-26-,40-37-. The van der Waals surface area contributed by atoms with Gasteiger partial charge in [0, 0.05) is 19.3 Å². The van der Waals surface area contributed by atoms with E-state index in [0.717, 1.165) is 103 Å². The maximum absolute atomic E-state index is 12.9. The SMILES string of the molecule is CC/C=C\C/C=C\C/C=C\C/C=C\CCCCCCC(=O)OC(COC(=O)CCCCCCCCCCC/C=C\C/C=C\CCCCC)COC(=O)CCCCCCCCCCCCCCCCCC. The van der Waals surface area contributed by atoms with Gasteiger partial charge in [0.2, 0.25) is 0 Å². The fourth-order valence-corrected chi connectivity index (χ4v) is 8.47. The molecule has 0 saturated heterocycles. The molecule has 0 aromatic heterocycles. The summed E-state index contributed by atoms with van der Waals surface area (Å²) in [7, 11) is 0. The van der Waals surface area contributed by atoms with Gasteiger partial charge in [0.15, 0.2) is 6.10 Å². The predicted molar refractivity (Wildman–Crippen MR) is 302 cm³/mol. The highest BCUT2D eigenvalue weighted by atomic mass is 16.6. The number of esters is 3. The van der Waals surface area contributed by atoms with Crippen molar-refractivity contribution in [2.75, 3.05) is 13.2 Å². The van der Waals surface area contributed by atoms with Crippen molar-refractivity contribution >= 4 is 17.9 Å². The highest BCUT2D eigenvalue weighted by Crippen LogP contribution is 2.16. The van der Waals surface area contributed by atoms with Crippen molar-refractivity contribution in [1.29, 1.82) is 0 Å². The van der Waals surface area contributed by atoms with E-state index >= 15 is 0 Å². The molecule has 1 unspecified atom stereocenters. The number of carbonyl (C=O) groups is 3. The first kappa shape index (κ1) is 66.9. The lowest BCUT2D eigenvalue weighted by Gasteiger charge is -2.18. The quantitative estimate of drug-likeness (QED) is 0.0261. The molecule has 0 amide bonds. The Morgan fingerprint density at radius 2 is 0.557 bits per heavy atom. The molecule has 6 nitrogen and oxygen atoms in total. The van der Waals surface area contributed by atoms with E-state index in [9.17, 15) is 14.4 Å². The summed E-state index contributed by atoms with van der Waals surface area (Å²) in [6.07, 6.45) is 74.6. The summed E-state index contributed by atoms with van der Waals surface area (Å²) in [5.74, 6) is -0.900. The predicted octanol–water partition coefficient (Wildman–Crippen LogP) is 20.2. The van der Waals surface area contributed by atoms with Crippen molar-refractivity contribution < 1.29 is 28.6 Å². The molecule has 70 heavy (non-hydrogen) atoms. The minimum absolute atomic E-state index is 0.0842. The number of allylic oxidation sites excluding steroid dienone is 12. The number of ether oxygens (including phenoxy) is 3. The molecule has 0 saturated carbocycles. The zero-order valence-electron chi connectivity index (χ0n) is 46.3. The Hall–Kier alpha value is -3.15. The third kappa shape index (κ3) is 55.8. The van der Waals surface area contributed by atoms with Gasteiger partial charge in [0.25, 0.3) is 0 Å². The van der Waals surface area contributed by atoms with Gasteiger partial charge in [-0.2, -0.15) is 0 Å². The second-order valence-electron chi connectivity index (χ2n) is 19.9. The third-order valence-electron chi connectivity index (χ3n) is 12.9. The largest absolute Gasteiger partial charge is 0.462 e. The maximum atomic E-state index is 12.9. The first-order chi connectivity index (χ1) is 34.5. The summed E-state index contributed by atoms with van der Waals surface area (Å²) in [5, 5.41) is 0. The van der Waals surface area contributed by atoms with E-state index in [1.807, 2.05) is 0 Å². The Morgan fingerprint density at radius 1 is 0.300 bits per heavy atom. The Balaban J connectivity index is 4.40. The van der Waals surface area contributed by atoms with Gasteiger partial charge in [-0.3, -0.25) is 14.4 Å². The minimum atomic E-state index is -0.789. The van der Waals surface area contributed by atoms with Gasteiger partial charge < -0.3 is 14.2 Å². The fraction of sp³-hybridized carbons (Fsp3) is 0.766. The van der Waals surface area contributed by atoms with E-state index in [2.05, 4.69) is 93.7 Å². The van der Waals surface area contributed by atoms with Crippen LogP contribution in [0, 0.1) is 0 Å². The van der Waals surface area contributed by atoms with Gasteiger partial charge in [0.1, 0.15) is 13.2 Å². The first-order valence-electron chi connectivity index (χ1n) is 29.9. The topological polar surface area (TPSA) is 78.9 Å². The Labute approximate surface area is 433 Å². The van der Waals surface area contributed by atoms with Crippen LogP contribution in [0.15, 0.2) is 72.9 Å². The first-order valence-corrected chi connectivity index (χ1v) is 29.9. The van der Waals surface area contributed by atoms with E-state index < -0.39 is 6.10 Å². The van der Waals surface area contributed by atoms with E-state index in [-0.39, 0.29) is 31.1 Å². The minimum Gasteiger partial charge on any atom is -0.462 e. The summed E-state index contributed by atoms with van der Waals surface area (Å²) in [6, 6.07) is 0. The normalized spacial score (nSPS) is 12.6. The van der Waals surface area contributed by atoms with E-state index in [1.54, 1.807) is 0 Å². The van der Waals surface area contributed by atoms with Gasteiger partial charge in [-0.25, -0.2) is 0 Å². The zero-order valence-corrected chi connectivity index (χ0v) is 46.3. The zero-order chi connectivity index (χ0) is 50.7. The molecular weight excluding hydrogens is 865 g/mol. The third-order valence-corrected chi connectivity index (χ3v) is 12.9. The van der Waals surface area contributed by atoms with Crippen LogP contribution in [0.5, 0.6) is 0 Å². The summed E-state index contributed by atoms with van der Waals surface area (Å²) in [5.41, 5.74) is 0. The lowest BCUT2D eigenvalue weighted by molar-refractivity contribution is -0.167. The molecule has 0 radical (unpaired) electrons. The van der Waals surface area contributed by atoms with Gasteiger partial charge in [0.05, 0.1) is 0 Å². The summed E-state index contributed by atoms with van der Waals surface area (Å²) < 4.78 is 16.9. The molecule has 0 aliphatic heterocycles. The van der Waals surface area contributed by atoms with E-state index in [0.29, 0.717) is 19.3 Å². The van der Waals surface area contributed by atoms with Crippen molar-refractivity contribution in [3.8, 4) is 0 Å². The molecule has 404 valence electrons. The monoisotopic (exact) mass is 977 g/mol. The van der Waals surface area contributed by atoms with Gasteiger partial charge >= 0.3 is 17.9 Å². The Kier molecular flexibility index (Phi) is 55.8. The molecule has 0 N–H and O–H groups in total. The highest BCUT2D eigenvalue weighted by molar-refractivity contribution is 5.71. The average Bonchev–Trinajstić information content (AvgIpc) is 3.36. The second-order valence-corrected chi connectivity index (χ2v) is 19.9. The number of rotatable bonds is 54. The number of hydrogen-bond donors (Lipinski definition) is 0. The van der Waals surface area contributed by atoms with Crippen molar-refractivity contribution in [2.45, 2.75) is 303 Å². The molecule has 0 bridgehead atoms. The van der Waals surface area contributed by atoms with Crippen molar-refractivity contribution in [2.24, 2.45) is 0 Å². The van der Waals surface area contributed by atoms with Crippen molar-refractivity contribution in [3.05, 3.63) is 72.9 Å². The second kappa shape index (κ2) is 58.4. The van der Waals surface area contributed by atoms with E-state index in [1.165, 1.54) is 154 Å². The molecule has 6 heteroatoms. The summed E-state index contributed by atoms with van der Waals surface area (Å²) in [6.45, 7) is 6.51. The Morgan fingerprint density at radius 3 is 0.900 bits per heavy atom. The maximum Gasteiger partial charge on any atom is 0.306 e. The molecule has 0 aliphatic carbocycles. The molecule has 0 rings (SSSR count). The average molecular weight is 978 g/mol. The summed E-state index contributed by atoms with van der Waals surface area (Å²) >= 11 is 0. The molecular formula is C64H112O6. The molecule has 0 fully saturated rings. The van der Waals surface area contributed by atoms with Gasteiger partial charge in [-0.1, -0.05) is 261 Å². The van der Waals surface area contributed by atoms with Crippen LogP contribution in [0.1, 0.15) is 297 Å². The highest BCUT2D eigenvalue weighted by Gasteiger charge is 2.19. The van der Waals surface area contributed by atoms with Crippen LogP contribution in [0.4, 0.5) is 0 Å². The van der Waals surface area contributed by atoms with Crippen LogP contribution in [-0.4, -0.2) is 37.2 Å². The van der Waals surface area contributed by atoms with E-state index in [4.69, 9.17) is 14.2 Å². The van der Waals surface area contributed by atoms with Crippen LogP contribution in [-0.2, 0) is 28.6 Å². The van der Waals surface area contributed by atoms with Crippen LogP contribution in [0.2, 0.25) is 0 Å². The van der Waals surface area contributed by atoms with Crippen LogP contribution < -0.4 is 0 Å². The van der Waals surface area contributed by atoms with Crippen molar-refractivity contribution in [3.63, 3.8) is 0 Å².